The molecule has 1 aliphatic heterocycles. The van der Waals surface area contributed by atoms with E-state index in [0.29, 0.717) is 24.4 Å². The molecule has 2 amide bonds. The summed E-state index contributed by atoms with van der Waals surface area (Å²) in [7, 11) is 0. The lowest BCUT2D eigenvalue weighted by molar-refractivity contribution is -0.132. The standard InChI is InChI=1S/C21H23BrN2O3/c22-18-5-1-17(2-6-18)21(27)23-12-9-20(26)24-13-10-16(11-14-24)15-3-7-19(25)8-4-15/h1-8,16,25H,9-14H2,(H,23,27). The van der Waals surface area contributed by atoms with Crippen molar-refractivity contribution in [3.63, 3.8) is 0 Å². The molecule has 3 rings (SSSR count). The van der Waals surface area contributed by atoms with E-state index in [-0.39, 0.29) is 17.6 Å². The molecule has 0 atom stereocenters. The molecule has 0 spiro atoms. The van der Waals surface area contributed by atoms with E-state index in [1.807, 2.05) is 29.2 Å². The molecule has 0 saturated carbocycles. The van der Waals surface area contributed by atoms with Gasteiger partial charge in [0.2, 0.25) is 5.91 Å². The van der Waals surface area contributed by atoms with E-state index in [1.54, 1.807) is 24.3 Å². The molecular weight excluding hydrogens is 408 g/mol. The average Bonchev–Trinajstić information content (AvgIpc) is 2.69. The first kappa shape index (κ1) is 19.4. The Kier molecular flexibility index (Phi) is 6.50. The maximum atomic E-state index is 12.4. The Morgan fingerprint density at radius 3 is 2.30 bits per heavy atom. The number of piperidine rings is 1. The molecule has 6 heteroatoms. The van der Waals surface area contributed by atoms with Crippen LogP contribution in [0, 0.1) is 0 Å². The van der Waals surface area contributed by atoms with Gasteiger partial charge in [-0.15, -0.1) is 0 Å². The highest BCUT2D eigenvalue weighted by atomic mass is 79.9. The van der Waals surface area contributed by atoms with Gasteiger partial charge in [0.05, 0.1) is 0 Å². The van der Waals surface area contributed by atoms with Crippen LogP contribution in [0.4, 0.5) is 0 Å². The van der Waals surface area contributed by atoms with Gasteiger partial charge in [0, 0.05) is 36.1 Å². The third-order valence-electron chi connectivity index (χ3n) is 4.94. The number of rotatable bonds is 5. The van der Waals surface area contributed by atoms with Crippen LogP contribution in [0.3, 0.4) is 0 Å². The molecule has 1 saturated heterocycles. The van der Waals surface area contributed by atoms with Gasteiger partial charge in [0.1, 0.15) is 5.75 Å². The van der Waals surface area contributed by atoms with E-state index in [0.717, 1.165) is 30.4 Å². The van der Waals surface area contributed by atoms with Crippen LogP contribution < -0.4 is 5.32 Å². The molecule has 0 bridgehead atoms. The van der Waals surface area contributed by atoms with E-state index in [4.69, 9.17) is 0 Å². The van der Waals surface area contributed by atoms with Crippen molar-refractivity contribution in [2.45, 2.75) is 25.2 Å². The zero-order valence-electron chi connectivity index (χ0n) is 15.0. The first-order valence-corrected chi connectivity index (χ1v) is 9.92. The molecule has 142 valence electrons. The largest absolute Gasteiger partial charge is 0.508 e. The fourth-order valence-corrected chi connectivity index (χ4v) is 3.62. The lowest BCUT2D eigenvalue weighted by Crippen LogP contribution is -2.39. The summed E-state index contributed by atoms with van der Waals surface area (Å²) in [5, 5.41) is 12.2. The molecule has 0 aliphatic carbocycles. The maximum absolute atomic E-state index is 12.4. The third-order valence-corrected chi connectivity index (χ3v) is 5.47. The Balaban J connectivity index is 1.41. The number of carbonyl (C=O) groups excluding carboxylic acids is 2. The van der Waals surface area contributed by atoms with Gasteiger partial charge in [-0.05, 0) is 60.7 Å². The van der Waals surface area contributed by atoms with Crippen molar-refractivity contribution in [3.8, 4) is 5.75 Å². The van der Waals surface area contributed by atoms with Gasteiger partial charge >= 0.3 is 0 Å². The van der Waals surface area contributed by atoms with E-state index < -0.39 is 0 Å². The molecule has 1 aliphatic rings. The summed E-state index contributed by atoms with van der Waals surface area (Å²) in [5.74, 6) is 0.611. The topological polar surface area (TPSA) is 69.6 Å². The lowest BCUT2D eigenvalue weighted by Gasteiger charge is -2.32. The Labute approximate surface area is 167 Å². The Morgan fingerprint density at radius 1 is 1.04 bits per heavy atom. The monoisotopic (exact) mass is 430 g/mol. The number of nitrogens with one attached hydrogen (secondary N) is 1. The molecule has 0 radical (unpaired) electrons. The lowest BCUT2D eigenvalue weighted by atomic mass is 9.89. The molecule has 0 unspecified atom stereocenters. The van der Waals surface area contributed by atoms with Crippen LogP contribution in [-0.4, -0.2) is 41.5 Å². The molecule has 2 N–H and O–H groups in total. The number of phenolic OH excluding ortho intramolecular Hbond substituents is 1. The maximum Gasteiger partial charge on any atom is 0.251 e. The number of halogens is 1. The third kappa shape index (κ3) is 5.32. The van der Waals surface area contributed by atoms with Crippen molar-refractivity contribution in [2.75, 3.05) is 19.6 Å². The Hall–Kier alpha value is -2.34. The second-order valence-corrected chi connectivity index (χ2v) is 7.68. The molecule has 5 nitrogen and oxygen atoms in total. The van der Waals surface area contributed by atoms with Crippen LogP contribution in [0.2, 0.25) is 0 Å². The predicted octanol–water partition coefficient (Wildman–Crippen LogP) is 3.68. The highest BCUT2D eigenvalue weighted by Crippen LogP contribution is 2.29. The average molecular weight is 431 g/mol. The minimum Gasteiger partial charge on any atom is -0.508 e. The smallest absolute Gasteiger partial charge is 0.251 e. The summed E-state index contributed by atoms with van der Waals surface area (Å²) in [6.45, 7) is 1.79. The molecule has 1 fully saturated rings. The summed E-state index contributed by atoms with van der Waals surface area (Å²) in [6.07, 6.45) is 2.15. The zero-order valence-corrected chi connectivity index (χ0v) is 16.6. The molecule has 27 heavy (non-hydrogen) atoms. The van der Waals surface area contributed by atoms with E-state index >= 15 is 0 Å². The van der Waals surface area contributed by atoms with Crippen LogP contribution >= 0.6 is 15.9 Å². The first-order chi connectivity index (χ1) is 13.0. The predicted molar refractivity (Wildman–Crippen MR) is 108 cm³/mol. The molecular formula is C21H23BrN2O3. The number of hydrogen-bond donors (Lipinski definition) is 2. The number of phenols is 1. The van der Waals surface area contributed by atoms with Crippen LogP contribution in [0.15, 0.2) is 53.0 Å². The number of likely N-dealkylation sites (tertiary alicyclic amines) is 1. The fourth-order valence-electron chi connectivity index (χ4n) is 3.35. The second-order valence-electron chi connectivity index (χ2n) is 6.76. The van der Waals surface area contributed by atoms with Crippen LogP contribution in [0.5, 0.6) is 5.75 Å². The zero-order chi connectivity index (χ0) is 19.2. The van der Waals surface area contributed by atoms with Crippen LogP contribution in [0.1, 0.15) is 41.1 Å². The van der Waals surface area contributed by atoms with Crippen LogP contribution in [0.25, 0.3) is 0 Å². The van der Waals surface area contributed by atoms with Crippen molar-refractivity contribution in [3.05, 3.63) is 64.1 Å². The Bertz CT molecular complexity index is 782. The molecule has 2 aromatic rings. The summed E-state index contributed by atoms with van der Waals surface area (Å²) >= 11 is 3.34. The molecule has 2 aromatic carbocycles. The summed E-state index contributed by atoms with van der Waals surface area (Å²) in [4.78, 5) is 26.3. The van der Waals surface area contributed by atoms with E-state index in [2.05, 4.69) is 21.2 Å². The highest BCUT2D eigenvalue weighted by Gasteiger charge is 2.23. The normalized spacial score (nSPS) is 14.8. The SMILES string of the molecule is O=C(NCCC(=O)N1CCC(c2ccc(O)cc2)CC1)c1ccc(Br)cc1. The quantitative estimate of drug-likeness (QED) is 0.759. The number of nitrogens with zero attached hydrogens (tertiary/aromatic N) is 1. The Morgan fingerprint density at radius 2 is 1.67 bits per heavy atom. The number of hydrogen-bond acceptors (Lipinski definition) is 3. The van der Waals surface area contributed by atoms with Gasteiger partial charge in [0.15, 0.2) is 0 Å². The number of amides is 2. The number of carbonyl (C=O) groups is 2. The number of aromatic hydroxyl groups is 1. The van der Waals surface area contributed by atoms with Crippen molar-refractivity contribution >= 4 is 27.7 Å². The van der Waals surface area contributed by atoms with Gasteiger partial charge in [-0.1, -0.05) is 28.1 Å². The molecule has 1 heterocycles. The van der Waals surface area contributed by atoms with Gasteiger partial charge in [-0.25, -0.2) is 0 Å². The minimum atomic E-state index is -0.165. The van der Waals surface area contributed by atoms with Crippen molar-refractivity contribution in [1.29, 1.82) is 0 Å². The summed E-state index contributed by atoms with van der Waals surface area (Å²) < 4.78 is 0.921. The number of benzene rings is 2. The molecule has 0 aromatic heterocycles. The van der Waals surface area contributed by atoms with Crippen molar-refractivity contribution in [2.24, 2.45) is 0 Å². The van der Waals surface area contributed by atoms with Gasteiger partial charge in [-0.2, -0.15) is 0 Å². The second kappa shape index (κ2) is 9.04. The van der Waals surface area contributed by atoms with E-state index in [9.17, 15) is 14.7 Å². The van der Waals surface area contributed by atoms with Gasteiger partial charge in [0.25, 0.3) is 5.91 Å². The fraction of sp³-hybridized carbons (Fsp3) is 0.333. The minimum absolute atomic E-state index is 0.0789. The van der Waals surface area contributed by atoms with Crippen molar-refractivity contribution in [1.82, 2.24) is 10.2 Å². The van der Waals surface area contributed by atoms with Gasteiger partial charge in [-0.3, -0.25) is 9.59 Å². The van der Waals surface area contributed by atoms with Gasteiger partial charge < -0.3 is 15.3 Å². The van der Waals surface area contributed by atoms with Crippen molar-refractivity contribution < 1.29 is 14.7 Å². The highest BCUT2D eigenvalue weighted by molar-refractivity contribution is 9.10. The van der Waals surface area contributed by atoms with E-state index in [1.165, 1.54) is 5.56 Å². The van der Waals surface area contributed by atoms with Crippen LogP contribution in [-0.2, 0) is 4.79 Å². The first-order valence-electron chi connectivity index (χ1n) is 9.13. The summed E-state index contributed by atoms with van der Waals surface area (Å²) in [5.41, 5.74) is 1.79. The summed E-state index contributed by atoms with van der Waals surface area (Å²) in [6, 6.07) is 14.5.